The summed E-state index contributed by atoms with van der Waals surface area (Å²) in [6, 6.07) is 8.25. The van der Waals surface area contributed by atoms with Gasteiger partial charge in [0.1, 0.15) is 0 Å². The van der Waals surface area contributed by atoms with Crippen LogP contribution in [0.5, 0.6) is 0 Å². The van der Waals surface area contributed by atoms with Crippen molar-refractivity contribution >= 4 is 21.8 Å². The zero-order valence-corrected chi connectivity index (χ0v) is 16.2. The van der Waals surface area contributed by atoms with Gasteiger partial charge in [-0.15, -0.1) is 0 Å². The number of H-pyrrole nitrogens is 2. The second kappa shape index (κ2) is 7.61. The summed E-state index contributed by atoms with van der Waals surface area (Å²) in [7, 11) is 0. The van der Waals surface area contributed by atoms with E-state index in [1.165, 1.54) is 5.56 Å². The summed E-state index contributed by atoms with van der Waals surface area (Å²) in [4.78, 5) is 40.1. The molecule has 1 aliphatic carbocycles. The van der Waals surface area contributed by atoms with Crippen LogP contribution in [0.2, 0.25) is 0 Å². The summed E-state index contributed by atoms with van der Waals surface area (Å²) < 4.78 is 1.04. The van der Waals surface area contributed by atoms with Crippen LogP contribution in [0.15, 0.2) is 38.3 Å². The van der Waals surface area contributed by atoms with Crippen molar-refractivity contribution in [3.63, 3.8) is 0 Å². The van der Waals surface area contributed by atoms with E-state index in [4.69, 9.17) is 0 Å². The van der Waals surface area contributed by atoms with Crippen LogP contribution in [-0.2, 0) is 16.6 Å². The maximum absolute atomic E-state index is 12.3. The Morgan fingerprint density at radius 1 is 1.27 bits per heavy atom. The summed E-state index contributed by atoms with van der Waals surface area (Å²) in [5.74, 6) is -0.0868. The van der Waals surface area contributed by atoms with Gasteiger partial charge in [-0.3, -0.25) is 14.6 Å². The van der Waals surface area contributed by atoms with Crippen LogP contribution < -0.4 is 16.6 Å². The largest absolute Gasteiger partial charge is 0.355 e. The van der Waals surface area contributed by atoms with Gasteiger partial charge in [0.15, 0.2) is 0 Å². The molecule has 138 valence electrons. The first-order chi connectivity index (χ1) is 12.4. The highest BCUT2D eigenvalue weighted by Crippen LogP contribution is 2.43. The minimum Gasteiger partial charge on any atom is -0.355 e. The van der Waals surface area contributed by atoms with E-state index in [-0.39, 0.29) is 17.7 Å². The van der Waals surface area contributed by atoms with Gasteiger partial charge in [0, 0.05) is 34.1 Å². The third kappa shape index (κ3) is 3.98. The molecule has 3 N–H and O–H groups in total. The van der Waals surface area contributed by atoms with Crippen LogP contribution in [-0.4, -0.2) is 22.4 Å². The molecule has 0 saturated heterocycles. The number of halogens is 1. The van der Waals surface area contributed by atoms with Crippen molar-refractivity contribution in [2.75, 3.05) is 6.54 Å². The molecule has 1 heterocycles. The van der Waals surface area contributed by atoms with Gasteiger partial charge in [0.05, 0.1) is 0 Å². The highest BCUT2D eigenvalue weighted by molar-refractivity contribution is 9.10. The number of amides is 1. The number of carbonyl (C=O) groups excluding carboxylic acids is 1. The Bertz CT molecular complexity index is 928. The van der Waals surface area contributed by atoms with E-state index in [2.05, 4.69) is 43.3 Å². The normalized spacial score (nSPS) is 15.3. The lowest BCUT2D eigenvalue weighted by atomic mass is 9.64. The van der Waals surface area contributed by atoms with Gasteiger partial charge >= 0.3 is 5.69 Å². The molecule has 1 aromatic carbocycles. The number of hydrogen-bond acceptors (Lipinski definition) is 3. The average molecular weight is 420 g/mol. The molecule has 1 amide bonds. The van der Waals surface area contributed by atoms with E-state index in [0.717, 1.165) is 23.7 Å². The molecule has 1 saturated carbocycles. The van der Waals surface area contributed by atoms with Crippen LogP contribution in [0.1, 0.15) is 42.5 Å². The maximum atomic E-state index is 12.3. The zero-order valence-electron chi connectivity index (χ0n) is 14.7. The highest BCUT2D eigenvalue weighted by Gasteiger charge is 2.38. The topological polar surface area (TPSA) is 94.8 Å². The number of carbonyl (C=O) groups is 1. The van der Waals surface area contributed by atoms with Gasteiger partial charge in [-0.2, -0.15) is 0 Å². The molecule has 0 bridgehead atoms. The third-order valence-corrected chi connectivity index (χ3v) is 5.72. The van der Waals surface area contributed by atoms with Gasteiger partial charge in [-0.25, -0.2) is 4.79 Å². The number of nitrogens with one attached hydrogen (secondary N) is 3. The van der Waals surface area contributed by atoms with Crippen molar-refractivity contribution in [1.82, 2.24) is 15.3 Å². The van der Waals surface area contributed by atoms with Gasteiger partial charge in [0.2, 0.25) is 5.91 Å². The molecule has 2 aromatic rings. The molecule has 0 spiro atoms. The van der Waals surface area contributed by atoms with Gasteiger partial charge < -0.3 is 10.3 Å². The molecular formula is C19H22BrN3O3. The van der Waals surface area contributed by atoms with E-state index in [9.17, 15) is 14.4 Å². The molecule has 0 aliphatic heterocycles. The quantitative estimate of drug-likeness (QED) is 0.670. The number of benzene rings is 1. The third-order valence-electron chi connectivity index (χ3n) is 5.23. The van der Waals surface area contributed by atoms with Crippen LogP contribution >= 0.6 is 15.9 Å². The SMILES string of the molecule is Cc1[nH]c(=O)[nH]c(=O)c1CCC(=O)NCC1(c2cccc(Br)c2)CCC1. The Kier molecular flexibility index (Phi) is 5.46. The van der Waals surface area contributed by atoms with E-state index < -0.39 is 11.2 Å². The molecule has 0 radical (unpaired) electrons. The van der Waals surface area contributed by atoms with Gasteiger partial charge in [-0.05, 0) is 43.9 Å². The van der Waals surface area contributed by atoms with Crippen molar-refractivity contribution in [2.24, 2.45) is 0 Å². The Hall–Kier alpha value is -2.15. The molecule has 0 unspecified atom stereocenters. The van der Waals surface area contributed by atoms with Crippen LogP contribution in [0.4, 0.5) is 0 Å². The van der Waals surface area contributed by atoms with E-state index in [1.54, 1.807) is 6.92 Å². The Balaban J connectivity index is 1.60. The molecule has 1 aliphatic rings. The monoisotopic (exact) mass is 419 g/mol. The number of aromatic nitrogens is 2. The molecule has 7 heteroatoms. The standard InChI is InChI=1S/C19H22BrN3O3/c1-12-15(17(25)23-18(26)22-12)6-7-16(24)21-11-19(8-3-9-19)13-4-2-5-14(20)10-13/h2,4-5,10H,3,6-9,11H2,1H3,(H,21,24)(H2,22,23,25,26). The van der Waals surface area contributed by atoms with Crippen LogP contribution in [0, 0.1) is 6.92 Å². The predicted octanol–water partition coefficient (Wildman–Crippen LogP) is 2.30. The first-order valence-electron chi connectivity index (χ1n) is 8.74. The lowest BCUT2D eigenvalue weighted by Gasteiger charge is -2.42. The maximum Gasteiger partial charge on any atom is 0.325 e. The first-order valence-corrected chi connectivity index (χ1v) is 9.54. The second-order valence-electron chi connectivity index (χ2n) is 6.93. The van der Waals surface area contributed by atoms with Crippen LogP contribution in [0.3, 0.4) is 0 Å². The Labute approximate surface area is 159 Å². The second-order valence-corrected chi connectivity index (χ2v) is 7.85. The van der Waals surface area contributed by atoms with Gasteiger partial charge in [-0.1, -0.05) is 34.5 Å². The Morgan fingerprint density at radius 2 is 2.04 bits per heavy atom. The molecule has 26 heavy (non-hydrogen) atoms. The minimum atomic E-state index is -0.526. The highest BCUT2D eigenvalue weighted by atomic mass is 79.9. The lowest BCUT2D eigenvalue weighted by molar-refractivity contribution is -0.121. The molecular weight excluding hydrogens is 398 g/mol. The van der Waals surface area contributed by atoms with Crippen molar-refractivity contribution in [3.05, 3.63) is 66.4 Å². The number of rotatable bonds is 6. The van der Waals surface area contributed by atoms with E-state index in [1.807, 2.05) is 12.1 Å². The minimum absolute atomic E-state index is 0.00477. The van der Waals surface area contributed by atoms with Gasteiger partial charge in [0.25, 0.3) is 5.56 Å². The number of aromatic amines is 2. The lowest BCUT2D eigenvalue weighted by Crippen LogP contribution is -2.45. The summed E-state index contributed by atoms with van der Waals surface area (Å²) >= 11 is 3.51. The molecule has 3 rings (SSSR count). The number of aryl methyl sites for hydroxylation is 1. The smallest absolute Gasteiger partial charge is 0.325 e. The summed E-state index contributed by atoms with van der Waals surface area (Å²) in [5.41, 5.74) is 1.25. The first kappa shape index (κ1) is 18.6. The van der Waals surface area contributed by atoms with E-state index in [0.29, 0.717) is 24.2 Å². The molecule has 1 fully saturated rings. The predicted molar refractivity (Wildman–Crippen MR) is 103 cm³/mol. The zero-order chi connectivity index (χ0) is 18.7. The summed E-state index contributed by atoms with van der Waals surface area (Å²) in [5, 5.41) is 3.03. The van der Waals surface area contributed by atoms with E-state index >= 15 is 0 Å². The number of hydrogen-bond donors (Lipinski definition) is 3. The molecule has 6 nitrogen and oxygen atoms in total. The average Bonchev–Trinajstić information content (AvgIpc) is 2.53. The van der Waals surface area contributed by atoms with Crippen molar-refractivity contribution in [3.8, 4) is 0 Å². The fourth-order valence-electron chi connectivity index (χ4n) is 3.51. The van der Waals surface area contributed by atoms with Crippen molar-refractivity contribution in [1.29, 1.82) is 0 Å². The fourth-order valence-corrected chi connectivity index (χ4v) is 3.91. The van der Waals surface area contributed by atoms with Crippen molar-refractivity contribution < 1.29 is 4.79 Å². The summed E-state index contributed by atoms with van der Waals surface area (Å²) in [6.07, 6.45) is 3.79. The van der Waals surface area contributed by atoms with Crippen molar-refractivity contribution in [2.45, 2.75) is 44.4 Å². The van der Waals surface area contributed by atoms with Crippen LogP contribution in [0.25, 0.3) is 0 Å². The summed E-state index contributed by atoms with van der Waals surface area (Å²) in [6.45, 7) is 2.27. The molecule has 1 aromatic heterocycles. The fraction of sp³-hybridized carbons (Fsp3) is 0.421. The Morgan fingerprint density at radius 3 is 2.65 bits per heavy atom. The molecule has 0 atom stereocenters.